The Morgan fingerprint density at radius 2 is 1.61 bits per heavy atom. The predicted octanol–water partition coefficient (Wildman–Crippen LogP) is 4.17. The summed E-state index contributed by atoms with van der Waals surface area (Å²) in [6, 6.07) is 7.82. The molecule has 0 aliphatic heterocycles. The first-order chi connectivity index (χ1) is 17.9. The van der Waals surface area contributed by atoms with Crippen LogP contribution in [0.15, 0.2) is 51.8 Å². The highest BCUT2D eigenvalue weighted by Gasteiger charge is 2.37. The zero-order valence-corrected chi connectivity index (χ0v) is 19.2. The summed E-state index contributed by atoms with van der Waals surface area (Å²) in [5.41, 5.74) is -3.88. The molecule has 3 N–H and O–H groups in total. The number of nitrogens with one attached hydrogen (secondary N) is 3. The number of halogens is 6. The van der Waals surface area contributed by atoms with Crippen LogP contribution < -0.4 is 16.2 Å². The SMILES string of the molecule is O=C(CCc1nc(-c2cc(C(F)(F)F)cc(C(F)(F)F)c2)no1)NCCNc1n[nH]c(=O)c2ccccc12. The first-order valence-electron chi connectivity index (χ1n) is 11.0. The molecular weight excluding hydrogens is 522 g/mol. The van der Waals surface area contributed by atoms with Crippen molar-refractivity contribution in [2.75, 3.05) is 18.4 Å². The molecule has 38 heavy (non-hydrogen) atoms. The lowest BCUT2D eigenvalue weighted by atomic mass is 10.0. The lowest BCUT2D eigenvalue weighted by molar-refractivity contribution is -0.143. The number of nitrogens with zero attached hydrogens (tertiary/aromatic N) is 3. The predicted molar refractivity (Wildman–Crippen MR) is 122 cm³/mol. The fourth-order valence-corrected chi connectivity index (χ4v) is 3.50. The van der Waals surface area contributed by atoms with E-state index in [1.165, 1.54) is 0 Å². The first kappa shape index (κ1) is 26.6. The topological polar surface area (TPSA) is 126 Å². The molecule has 0 saturated carbocycles. The van der Waals surface area contributed by atoms with Crippen molar-refractivity contribution >= 4 is 22.5 Å². The van der Waals surface area contributed by atoms with Gasteiger partial charge in [0, 0.05) is 36.9 Å². The Balaban J connectivity index is 1.32. The van der Waals surface area contributed by atoms with Gasteiger partial charge in [0.2, 0.25) is 17.6 Å². The van der Waals surface area contributed by atoms with Crippen LogP contribution in [0.5, 0.6) is 0 Å². The van der Waals surface area contributed by atoms with Gasteiger partial charge in [0.05, 0.1) is 16.5 Å². The molecule has 0 unspecified atom stereocenters. The quantitative estimate of drug-likeness (QED) is 0.226. The molecule has 0 spiro atoms. The Morgan fingerprint density at radius 3 is 2.26 bits per heavy atom. The fraction of sp³-hybridized carbons (Fsp3) is 0.261. The van der Waals surface area contributed by atoms with Crippen molar-refractivity contribution in [3.05, 3.63) is 69.8 Å². The van der Waals surface area contributed by atoms with E-state index < -0.39 is 40.8 Å². The lowest BCUT2D eigenvalue weighted by Crippen LogP contribution is -2.29. The van der Waals surface area contributed by atoms with E-state index >= 15 is 0 Å². The average molecular weight is 540 g/mol. The fourth-order valence-electron chi connectivity index (χ4n) is 3.50. The van der Waals surface area contributed by atoms with Crippen LogP contribution in [0, 0.1) is 0 Å². The molecule has 2 aromatic carbocycles. The number of rotatable bonds is 8. The van der Waals surface area contributed by atoms with E-state index in [0.717, 1.165) is 0 Å². The van der Waals surface area contributed by atoms with Crippen molar-refractivity contribution in [2.24, 2.45) is 0 Å². The van der Waals surface area contributed by atoms with Crippen LogP contribution in [0.1, 0.15) is 23.4 Å². The number of aryl methyl sites for hydroxylation is 1. The van der Waals surface area contributed by atoms with E-state index in [0.29, 0.717) is 28.7 Å². The number of hydrogen-bond acceptors (Lipinski definition) is 7. The summed E-state index contributed by atoms with van der Waals surface area (Å²) in [7, 11) is 0. The van der Waals surface area contributed by atoms with E-state index in [1.807, 2.05) is 0 Å². The van der Waals surface area contributed by atoms with Crippen LogP contribution in [0.2, 0.25) is 0 Å². The third-order valence-electron chi connectivity index (χ3n) is 5.32. The van der Waals surface area contributed by atoms with E-state index in [-0.39, 0.29) is 43.4 Å². The Labute approximate surface area is 209 Å². The Hall–Kier alpha value is -4.43. The summed E-state index contributed by atoms with van der Waals surface area (Å²) < 4.78 is 83.4. The highest BCUT2D eigenvalue weighted by molar-refractivity contribution is 5.90. The minimum atomic E-state index is -5.02. The Morgan fingerprint density at radius 1 is 0.947 bits per heavy atom. The van der Waals surface area contributed by atoms with Gasteiger partial charge in [-0.15, -0.1) is 0 Å². The average Bonchev–Trinajstić information content (AvgIpc) is 3.35. The number of alkyl halides is 6. The minimum absolute atomic E-state index is 0.000642. The highest BCUT2D eigenvalue weighted by atomic mass is 19.4. The molecule has 0 aliphatic rings. The van der Waals surface area contributed by atoms with Crippen LogP contribution in [0.3, 0.4) is 0 Å². The second-order valence-corrected chi connectivity index (χ2v) is 8.03. The smallest absolute Gasteiger partial charge is 0.366 e. The van der Waals surface area contributed by atoms with Crippen molar-refractivity contribution in [2.45, 2.75) is 25.2 Å². The number of benzene rings is 2. The maximum absolute atomic E-state index is 13.1. The van der Waals surface area contributed by atoms with Gasteiger partial charge in [-0.05, 0) is 24.3 Å². The number of hydrogen-bond donors (Lipinski definition) is 3. The van der Waals surface area contributed by atoms with Crippen LogP contribution in [0.25, 0.3) is 22.2 Å². The second-order valence-electron chi connectivity index (χ2n) is 8.03. The molecule has 2 heterocycles. The molecule has 0 saturated heterocycles. The third kappa shape index (κ3) is 6.27. The van der Waals surface area contributed by atoms with E-state index in [2.05, 4.69) is 31.0 Å². The normalized spacial score (nSPS) is 12.1. The van der Waals surface area contributed by atoms with E-state index in [1.54, 1.807) is 24.3 Å². The number of aromatic nitrogens is 4. The molecule has 0 aliphatic carbocycles. The molecule has 15 heteroatoms. The van der Waals surface area contributed by atoms with Crippen LogP contribution in [0.4, 0.5) is 32.2 Å². The number of aromatic amines is 1. The molecule has 0 fully saturated rings. The molecule has 1 amide bonds. The van der Waals surface area contributed by atoms with Crippen LogP contribution in [-0.2, 0) is 23.6 Å². The molecule has 0 atom stereocenters. The summed E-state index contributed by atoms with van der Waals surface area (Å²) in [4.78, 5) is 27.8. The van der Waals surface area contributed by atoms with Gasteiger partial charge in [0.25, 0.3) is 5.56 Å². The first-order valence-corrected chi connectivity index (χ1v) is 11.0. The molecule has 0 bridgehead atoms. The number of H-pyrrole nitrogens is 1. The summed E-state index contributed by atoms with van der Waals surface area (Å²) in [5.74, 6) is -0.592. The maximum atomic E-state index is 13.1. The van der Waals surface area contributed by atoms with Crippen molar-refractivity contribution in [1.29, 1.82) is 0 Å². The number of carbonyl (C=O) groups is 1. The zero-order chi connectivity index (χ0) is 27.5. The molecule has 0 radical (unpaired) electrons. The van der Waals surface area contributed by atoms with Gasteiger partial charge in [0.15, 0.2) is 5.82 Å². The van der Waals surface area contributed by atoms with Gasteiger partial charge in [-0.2, -0.15) is 36.4 Å². The molecular formula is C23H18F6N6O3. The Kier molecular flexibility index (Phi) is 7.37. The van der Waals surface area contributed by atoms with Crippen molar-refractivity contribution < 1.29 is 35.7 Å². The standard InChI is InChI=1S/C23H18F6N6O3/c24-22(25,26)13-9-12(10-14(11-13)23(27,28)29)19-32-18(38-35-19)6-5-17(36)30-7-8-31-20-15-3-1-2-4-16(15)21(37)34-33-20/h1-4,9-11H,5-8H2,(H,30,36)(H,31,33)(H,34,37). The van der Waals surface area contributed by atoms with Gasteiger partial charge >= 0.3 is 12.4 Å². The maximum Gasteiger partial charge on any atom is 0.416 e. The second kappa shape index (κ2) is 10.5. The summed E-state index contributed by atoms with van der Waals surface area (Å²) in [5, 5.41) is 16.5. The van der Waals surface area contributed by atoms with Crippen molar-refractivity contribution in [3.63, 3.8) is 0 Å². The number of anilines is 1. The summed E-state index contributed by atoms with van der Waals surface area (Å²) in [6.45, 7) is 0.462. The van der Waals surface area contributed by atoms with E-state index in [4.69, 9.17) is 4.52 Å². The largest absolute Gasteiger partial charge is 0.416 e. The van der Waals surface area contributed by atoms with Crippen LogP contribution in [-0.4, -0.2) is 39.3 Å². The number of carbonyl (C=O) groups excluding carboxylic acids is 1. The summed E-state index contributed by atoms with van der Waals surface area (Å²) in [6.07, 6.45) is -10.3. The molecule has 4 rings (SSSR count). The molecule has 200 valence electrons. The van der Waals surface area contributed by atoms with Gasteiger partial charge < -0.3 is 15.2 Å². The monoisotopic (exact) mass is 540 g/mol. The van der Waals surface area contributed by atoms with Crippen molar-refractivity contribution in [1.82, 2.24) is 25.7 Å². The van der Waals surface area contributed by atoms with E-state index in [9.17, 15) is 35.9 Å². The number of amides is 1. The lowest BCUT2D eigenvalue weighted by Gasteiger charge is -2.12. The van der Waals surface area contributed by atoms with Gasteiger partial charge in [-0.25, -0.2) is 5.10 Å². The van der Waals surface area contributed by atoms with Gasteiger partial charge in [-0.3, -0.25) is 9.59 Å². The molecule has 9 nitrogen and oxygen atoms in total. The third-order valence-corrected chi connectivity index (χ3v) is 5.32. The summed E-state index contributed by atoms with van der Waals surface area (Å²) >= 11 is 0. The zero-order valence-electron chi connectivity index (χ0n) is 19.2. The Bertz CT molecular complexity index is 1480. The highest BCUT2D eigenvalue weighted by Crippen LogP contribution is 2.38. The van der Waals surface area contributed by atoms with Crippen LogP contribution >= 0.6 is 0 Å². The van der Waals surface area contributed by atoms with Crippen molar-refractivity contribution in [3.8, 4) is 11.4 Å². The minimum Gasteiger partial charge on any atom is -0.366 e. The van der Waals surface area contributed by atoms with Gasteiger partial charge in [0.1, 0.15) is 0 Å². The molecule has 2 aromatic heterocycles. The van der Waals surface area contributed by atoms with Gasteiger partial charge in [-0.1, -0.05) is 23.4 Å². The number of fused-ring (bicyclic) bond motifs is 1. The molecule has 4 aromatic rings.